The van der Waals surface area contributed by atoms with Crippen LogP contribution in [0.1, 0.15) is 6.92 Å². The van der Waals surface area contributed by atoms with Crippen molar-refractivity contribution in [3.63, 3.8) is 0 Å². The molecule has 2 N–H and O–H groups in total. The van der Waals surface area contributed by atoms with Crippen LogP contribution in [0.15, 0.2) is 0 Å². The van der Waals surface area contributed by atoms with Gasteiger partial charge < -0.3 is 5.73 Å². The Bertz CT molecular complexity index is 24.8. The summed E-state index contributed by atoms with van der Waals surface area (Å²) in [6, 6.07) is 0. The fraction of sp³-hybridized carbons (Fsp3) is 1.00. The smallest absolute Gasteiger partial charge is 0.109 e. The summed E-state index contributed by atoms with van der Waals surface area (Å²) in [5.41, 5.74) is 4.80. The second kappa shape index (κ2) is 5.18. The minimum atomic E-state index is -0.838. The molecule has 0 aliphatic rings. The molecule has 0 fully saturated rings. The summed E-state index contributed by atoms with van der Waals surface area (Å²) in [5.74, 6) is 0. The summed E-state index contributed by atoms with van der Waals surface area (Å²) < 4.78 is 11.3. The van der Waals surface area contributed by atoms with Gasteiger partial charge in [0.25, 0.3) is 0 Å². The van der Waals surface area contributed by atoms with E-state index in [1.807, 2.05) is 0 Å². The molecule has 0 rings (SSSR count). The number of nitrogens with two attached hydrogens (primary N) is 1. The molecule has 0 aromatic carbocycles. The predicted molar refractivity (Wildman–Crippen MR) is 26.9 cm³/mol. The van der Waals surface area contributed by atoms with Crippen molar-refractivity contribution in [1.29, 1.82) is 0 Å². The van der Waals surface area contributed by atoms with Crippen LogP contribution in [-0.4, -0.2) is 12.7 Å². The monoisotopic (exact) mass is 113 g/mol. The first kappa shape index (κ1) is 9.49. The fourth-order valence-corrected chi connectivity index (χ4v) is 0. The van der Waals surface area contributed by atoms with Crippen molar-refractivity contribution < 1.29 is 4.39 Å². The van der Waals surface area contributed by atoms with E-state index in [1.54, 1.807) is 0 Å². The Morgan fingerprint density at radius 1 is 1.83 bits per heavy atom. The molecular formula is C3H9ClFN. The van der Waals surface area contributed by atoms with Crippen LogP contribution in [0.4, 0.5) is 4.39 Å². The quantitative estimate of drug-likeness (QED) is 0.533. The van der Waals surface area contributed by atoms with E-state index in [0.717, 1.165) is 0 Å². The average molecular weight is 114 g/mol. The van der Waals surface area contributed by atoms with E-state index in [2.05, 4.69) is 0 Å². The van der Waals surface area contributed by atoms with Crippen LogP contribution in [0.25, 0.3) is 0 Å². The van der Waals surface area contributed by atoms with Gasteiger partial charge in [0.15, 0.2) is 0 Å². The molecule has 0 heterocycles. The van der Waals surface area contributed by atoms with Gasteiger partial charge in [-0.15, -0.1) is 12.4 Å². The van der Waals surface area contributed by atoms with Gasteiger partial charge in [-0.2, -0.15) is 0 Å². The molecule has 0 aromatic rings. The van der Waals surface area contributed by atoms with E-state index < -0.39 is 6.17 Å². The summed E-state index contributed by atoms with van der Waals surface area (Å²) in [5, 5.41) is 0. The lowest BCUT2D eigenvalue weighted by Crippen LogP contribution is -2.09. The van der Waals surface area contributed by atoms with Gasteiger partial charge in [-0.1, -0.05) is 0 Å². The molecule has 0 saturated heterocycles. The van der Waals surface area contributed by atoms with Crippen molar-refractivity contribution in [2.75, 3.05) is 6.54 Å². The van der Waals surface area contributed by atoms with Gasteiger partial charge >= 0.3 is 0 Å². The van der Waals surface area contributed by atoms with Crippen LogP contribution < -0.4 is 5.73 Å². The molecule has 40 valence electrons. The lowest BCUT2D eigenvalue weighted by Gasteiger charge is -1.86. The highest BCUT2D eigenvalue weighted by atomic mass is 35.5. The van der Waals surface area contributed by atoms with Gasteiger partial charge in [-0.25, -0.2) is 4.39 Å². The summed E-state index contributed by atoms with van der Waals surface area (Å²) in [7, 11) is 0. The number of hydrogen-bond acceptors (Lipinski definition) is 1. The summed E-state index contributed by atoms with van der Waals surface area (Å²) in [6.45, 7) is 1.57. The fourth-order valence-electron chi connectivity index (χ4n) is 0. The SMILES string of the molecule is C[C@@H](F)CN.Cl. The second-order valence-corrected chi connectivity index (χ2v) is 1.02. The van der Waals surface area contributed by atoms with Crippen molar-refractivity contribution in [2.45, 2.75) is 13.1 Å². The Balaban J connectivity index is 0. The predicted octanol–water partition coefficient (Wildman–Crippen LogP) is 0.725. The second-order valence-electron chi connectivity index (χ2n) is 1.02. The third-order valence-corrected chi connectivity index (χ3v) is 0.325. The average Bonchev–Trinajstić information content (AvgIpc) is 1.38. The van der Waals surface area contributed by atoms with E-state index in [4.69, 9.17) is 5.73 Å². The standard InChI is InChI=1S/C3H8FN.ClH/c1-3(4)2-5;/h3H,2,5H2,1H3;1H/t3-;/m1./s1. The maximum absolute atomic E-state index is 11.3. The van der Waals surface area contributed by atoms with Crippen LogP contribution >= 0.6 is 12.4 Å². The zero-order valence-electron chi connectivity index (χ0n) is 3.65. The molecule has 3 heteroatoms. The van der Waals surface area contributed by atoms with E-state index in [9.17, 15) is 4.39 Å². The molecule has 0 aromatic heterocycles. The van der Waals surface area contributed by atoms with Crippen LogP contribution in [0.3, 0.4) is 0 Å². The molecule has 0 saturated carbocycles. The van der Waals surface area contributed by atoms with Crippen molar-refractivity contribution >= 4 is 12.4 Å². The number of halogens is 2. The van der Waals surface area contributed by atoms with Crippen LogP contribution in [-0.2, 0) is 0 Å². The highest BCUT2D eigenvalue weighted by molar-refractivity contribution is 5.85. The first-order chi connectivity index (χ1) is 2.27. The number of alkyl halides is 1. The summed E-state index contributed by atoms with van der Waals surface area (Å²) in [6.07, 6.45) is -0.838. The van der Waals surface area contributed by atoms with E-state index in [1.165, 1.54) is 6.92 Å². The summed E-state index contributed by atoms with van der Waals surface area (Å²) in [4.78, 5) is 0. The highest BCUT2D eigenvalue weighted by Gasteiger charge is 1.85. The maximum Gasteiger partial charge on any atom is 0.109 e. The van der Waals surface area contributed by atoms with Crippen molar-refractivity contribution in [3.05, 3.63) is 0 Å². The molecule has 0 spiro atoms. The number of hydrogen-bond donors (Lipinski definition) is 1. The van der Waals surface area contributed by atoms with E-state index in [0.29, 0.717) is 0 Å². The highest BCUT2D eigenvalue weighted by Crippen LogP contribution is 1.77. The van der Waals surface area contributed by atoms with Gasteiger partial charge in [-0.3, -0.25) is 0 Å². The first-order valence-corrected chi connectivity index (χ1v) is 1.61. The van der Waals surface area contributed by atoms with E-state index >= 15 is 0 Å². The normalized spacial score (nSPS) is 12.5. The number of rotatable bonds is 1. The Morgan fingerprint density at radius 2 is 2.00 bits per heavy atom. The van der Waals surface area contributed by atoms with Crippen molar-refractivity contribution in [3.8, 4) is 0 Å². The molecule has 0 aliphatic carbocycles. The molecule has 0 bridgehead atoms. The maximum atomic E-state index is 11.3. The zero-order valence-corrected chi connectivity index (χ0v) is 4.46. The van der Waals surface area contributed by atoms with Crippen LogP contribution in [0.5, 0.6) is 0 Å². The molecule has 6 heavy (non-hydrogen) atoms. The van der Waals surface area contributed by atoms with E-state index in [-0.39, 0.29) is 19.0 Å². The lowest BCUT2D eigenvalue weighted by molar-refractivity contribution is 0.370. The minimum Gasteiger partial charge on any atom is -0.328 e. The van der Waals surface area contributed by atoms with Gasteiger partial charge in [0.1, 0.15) is 6.17 Å². The molecular weight excluding hydrogens is 104 g/mol. The Morgan fingerprint density at radius 3 is 2.00 bits per heavy atom. The molecule has 1 atom stereocenters. The molecule has 0 unspecified atom stereocenters. The van der Waals surface area contributed by atoms with Crippen LogP contribution in [0, 0.1) is 0 Å². The Hall–Kier alpha value is 0.180. The zero-order chi connectivity index (χ0) is 4.28. The topological polar surface area (TPSA) is 26.0 Å². The largest absolute Gasteiger partial charge is 0.328 e. The first-order valence-electron chi connectivity index (χ1n) is 1.61. The Labute approximate surface area is 43.1 Å². The third kappa shape index (κ3) is 8.89. The van der Waals surface area contributed by atoms with Gasteiger partial charge in [0.05, 0.1) is 0 Å². The molecule has 1 nitrogen and oxygen atoms in total. The molecule has 0 radical (unpaired) electrons. The van der Waals surface area contributed by atoms with Gasteiger partial charge in [-0.05, 0) is 6.92 Å². The van der Waals surface area contributed by atoms with Crippen molar-refractivity contribution in [2.24, 2.45) is 5.73 Å². The van der Waals surface area contributed by atoms with Gasteiger partial charge in [0.2, 0.25) is 0 Å². The third-order valence-electron chi connectivity index (χ3n) is 0.325. The summed E-state index contributed by atoms with van der Waals surface area (Å²) >= 11 is 0. The molecule has 0 amide bonds. The van der Waals surface area contributed by atoms with Crippen LogP contribution in [0.2, 0.25) is 0 Å². The van der Waals surface area contributed by atoms with Gasteiger partial charge in [0, 0.05) is 6.54 Å². The molecule has 0 aliphatic heterocycles. The lowest BCUT2D eigenvalue weighted by atomic mass is 10.5. The minimum absolute atomic E-state index is 0. The van der Waals surface area contributed by atoms with Crippen molar-refractivity contribution in [1.82, 2.24) is 0 Å². The Kier molecular flexibility index (Phi) is 8.19.